The molecule has 1 amide bonds. The van der Waals surface area contributed by atoms with E-state index in [0.29, 0.717) is 48.6 Å². The van der Waals surface area contributed by atoms with E-state index in [0.717, 1.165) is 55.2 Å². The monoisotopic (exact) mass is 1040 g/mol. The number of amides is 1. The molecule has 16 nitrogen and oxygen atoms in total. The highest BCUT2D eigenvalue weighted by Gasteiger charge is 2.54. The number of hydrogen-bond donors (Lipinski definition) is 2. The van der Waals surface area contributed by atoms with Gasteiger partial charge in [0.1, 0.15) is 29.3 Å². The van der Waals surface area contributed by atoms with Crippen LogP contribution in [-0.4, -0.2) is 89.7 Å². The summed E-state index contributed by atoms with van der Waals surface area (Å²) in [4.78, 5) is 50.8. The third kappa shape index (κ3) is 12.8. The molecule has 400 valence electrons. The second-order valence-electron chi connectivity index (χ2n) is 21.4. The van der Waals surface area contributed by atoms with Gasteiger partial charge in [-0.1, -0.05) is 86.0 Å². The van der Waals surface area contributed by atoms with Crippen LogP contribution in [0.1, 0.15) is 135 Å². The summed E-state index contributed by atoms with van der Waals surface area (Å²) >= 11 is 0. The molecule has 5 atom stereocenters. The highest BCUT2D eigenvalue weighted by molar-refractivity contribution is 7.44. The lowest BCUT2D eigenvalue weighted by molar-refractivity contribution is -0.257. The molecule has 1 aromatic heterocycles. The minimum Gasteiger partial charge on any atom is -0.497 e. The van der Waals surface area contributed by atoms with Gasteiger partial charge in [0.25, 0.3) is 14.1 Å². The third-order valence-electron chi connectivity index (χ3n) is 15.3. The molecule has 4 saturated carbocycles. The topological polar surface area (TPSA) is 179 Å². The van der Waals surface area contributed by atoms with Crippen molar-refractivity contribution in [2.45, 2.75) is 154 Å². The van der Waals surface area contributed by atoms with E-state index in [1.54, 1.807) is 14.2 Å². The zero-order valence-corrected chi connectivity index (χ0v) is 45.2. The second kappa shape index (κ2) is 25.3. The summed E-state index contributed by atoms with van der Waals surface area (Å²) in [5.74, 6) is 3.25. The lowest BCUT2D eigenvalue weighted by atomic mass is 9.49. The van der Waals surface area contributed by atoms with Crippen molar-refractivity contribution in [1.29, 1.82) is 5.26 Å². The summed E-state index contributed by atoms with van der Waals surface area (Å²) < 4.78 is 43.2. The highest BCUT2D eigenvalue weighted by Crippen LogP contribution is 2.61. The van der Waals surface area contributed by atoms with E-state index in [1.807, 2.05) is 78.9 Å². The number of unbranched alkanes of at least 4 members (excludes halogenated alkanes) is 3. The Labute approximate surface area is 437 Å². The smallest absolute Gasteiger partial charge is 0.330 e. The average molecular weight is 1040 g/mol. The van der Waals surface area contributed by atoms with Crippen LogP contribution >= 0.6 is 8.53 Å². The van der Waals surface area contributed by atoms with Gasteiger partial charge in [-0.15, -0.1) is 0 Å². The number of ether oxygens (including phenoxy) is 4. The fraction of sp³-hybridized carbons (Fsp3) is 0.579. The standard InChI is InChI=1S/C57H77N6O10P/c1-8-9-10-14-28-62(60-51(65)37-56-34-41-31-42(35-56)33-43(32-41)36-56)72-53-52(73-74(70-30-15-27-58)63(39(2)3)40(4)5)49(71-54(53)61-29-26-50(64)59-55(61)66)38-69-57(44-16-12-11-13-17-44,45-18-22-47(67-6)23-19-45)46-20-24-48(68-7)25-21-46/h11-13,16-26,29,39-43,49,52-54H,8-10,14-15,28,30-38H2,1-7H3,(H,60,65)(H,59,64,66)/t41?,42?,43?,49-,52-,53-,54-,56?,74?/m1/s1. The third-order valence-corrected chi connectivity index (χ3v) is 17.5. The number of hydroxylamine groups is 1. The van der Waals surface area contributed by atoms with Crippen molar-refractivity contribution in [3.63, 3.8) is 0 Å². The Balaban J connectivity index is 1.23. The molecule has 74 heavy (non-hydrogen) atoms. The molecule has 0 spiro atoms. The van der Waals surface area contributed by atoms with Gasteiger partial charge in [0, 0.05) is 37.3 Å². The molecule has 1 aliphatic heterocycles. The predicted octanol–water partition coefficient (Wildman–Crippen LogP) is 9.94. The SMILES string of the molecule is CCCCCCN(NC(=O)CC12CC3CC(CC(C3)C1)C2)O[C@@H]1[C@H](OP(OCCC#N)N(C(C)C)C(C)C)[C@@H](COC(c2ccccc2)(c2ccc(OC)cc2)c2ccc(OC)cc2)O[C@H]1n1ccc(=O)[nH]c1=O. The largest absolute Gasteiger partial charge is 0.497 e. The van der Waals surface area contributed by atoms with Crippen molar-refractivity contribution in [2.75, 3.05) is 34.0 Å². The summed E-state index contributed by atoms with van der Waals surface area (Å²) in [7, 11) is 1.30. The highest BCUT2D eigenvalue weighted by atomic mass is 31.2. The zero-order valence-electron chi connectivity index (χ0n) is 44.3. The van der Waals surface area contributed by atoms with Crippen LogP contribution in [0.25, 0.3) is 0 Å². The Kier molecular flexibility index (Phi) is 18.9. The van der Waals surface area contributed by atoms with E-state index in [1.165, 1.54) is 41.3 Å². The number of carbonyl (C=O) groups excluding carboxylic acids is 1. The molecule has 2 N–H and O–H groups in total. The second-order valence-corrected chi connectivity index (χ2v) is 22.8. The summed E-state index contributed by atoms with van der Waals surface area (Å²) in [5, 5.41) is 11.2. The molecule has 2 heterocycles. The number of carbonyl (C=O) groups is 1. The summed E-state index contributed by atoms with van der Waals surface area (Å²) in [6.45, 7) is 10.7. The van der Waals surface area contributed by atoms with Gasteiger partial charge in [0.2, 0.25) is 5.91 Å². The number of hydrogen-bond acceptors (Lipinski definition) is 13. The number of hydrazine groups is 1. The van der Waals surface area contributed by atoms with E-state index < -0.39 is 49.9 Å². The summed E-state index contributed by atoms with van der Waals surface area (Å²) in [6.07, 6.45) is 8.18. The van der Waals surface area contributed by atoms with Crippen molar-refractivity contribution in [3.05, 3.63) is 129 Å². The van der Waals surface area contributed by atoms with Crippen LogP contribution in [0.4, 0.5) is 0 Å². The first-order chi connectivity index (χ1) is 35.8. The molecule has 3 aromatic carbocycles. The molecule has 4 bridgehead atoms. The first kappa shape index (κ1) is 55.3. The van der Waals surface area contributed by atoms with Gasteiger partial charge in [-0.3, -0.25) is 29.4 Å². The van der Waals surface area contributed by atoms with Gasteiger partial charge in [-0.05, 0) is 137 Å². The van der Waals surface area contributed by atoms with Crippen LogP contribution < -0.4 is 26.1 Å². The minimum atomic E-state index is -1.95. The number of nitriles is 1. The predicted molar refractivity (Wildman–Crippen MR) is 283 cm³/mol. The fourth-order valence-corrected chi connectivity index (χ4v) is 14.4. The molecule has 4 aromatic rings. The van der Waals surface area contributed by atoms with Crippen molar-refractivity contribution >= 4 is 14.4 Å². The first-order valence-corrected chi connectivity index (χ1v) is 27.9. The van der Waals surface area contributed by atoms with E-state index in [4.69, 9.17) is 32.8 Å². The molecule has 5 aliphatic rings. The van der Waals surface area contributed by atoms with Crippen LogP contribution in [0.15, 0.2) is 101 Å². The Morgan fingerprint density at radius 3 is 1.99 bits per heavy atom. The Morgan fingerprint density at radius 1 is 0.851 bits per heavy atom. The number of aromatic amines is 1. The number of aromatic nitrogens is 2. The number of H-pyrrole nitrogens is 1. The van der Waals surface area contributed by atoms with Gasteiger partial charge >= 0.3 is 5.69 Å². The number of methoxy groups -OCH3 is 2. The molecule has 5 fully saturated rings. The fourth-order valence-electron chi connectivity index (χ4n) is 12.6. The molecule has 1 unspecified atom stereocenters. The molecule has 1 saturated heterocycles. The van der Waals surface area contributed by atoms with Crippen LogP contribution in [0.3, 0.4) is 0 Å². The molecular formula is C57H77N6O10P. The van der Waals surface area contributed by atoms with Crippen molar-refractivity contribution < 1.29 is 37.6 Å². The van der Waals surface area contributed by atoms with E-state index in [2.05, 4.69) is 55.8 Å². The van der Waals surface area contributed by atoms with Gasteiger partial charge < -0.3 is 28.0 Å². The lowest BCUT2D eigenvalue weighted by Crippen LogP contribution is -2.52. The quantitative estimate of drug-likeness (QED) is 0.0250. The van der Waals surface area contributed by atoms with Gasteiger partial charge in [0.05, 0.1) is 39.9 Å². The van der Waals surface area contributed by atoms with E-state index in [-0.39, 0.29) is 43.0 Å². The number of nitrogens with zero attached hydrogens (tertiary/aromatic N) is 4. The molecule has 17 heteroatoms. The summed E-state index contributed by atoms with van der Waals surface area (Å²) in [5.41, 5.74) is 3.02. The maximum absolute atomic E-state index is 14.6. The van der Waals surface area contributed by atoms with Crippen molar-refractivity contribution in [2.24, 2.45) is 23.2 Å². The van der Waals surface area contributed by atoms with Crippen LogP contribution in [0.5, 0.6) is 11.5 Å². The van der Waals surface area contributed by atoms with Gasteiger partial charge in [0.15, 0.2) is 12.3 Å². The van der Waals surface area contributed by atoms with Crippen LogP contribution in [0, 0.1) is 34.5 Å². The molecule has 9 rings (SSSR count). The Hall–Kier alpha value is -4.95. The van der Waals surface area contributed by atoms with E-state index in [9.17, 15) is 19.6 Å². The molecule has 0 radical (unpaired) electrons. The number of rotatable bonds is 27. The maximum atomic E-state index is 14.6. The maximum Gasteiger partial charge on any atom is 0.330 e. The van der Waals surface area contributed by atoms with E-state index >= 15 is 0 Å². The normalized spacial score (nSPS) is 24.7. The van der Waals surface area contributed by atoms with Crippen molar-refractivity contribution in [3.8, 4) is 17.6 Å². The zero-order chi connectivity index (χ0) is 52.4. The summed E-state index contributed by atoms with van der Waals surface area (Å²) in [6, 6.07) is 28.7. The Bertz CT molecular complexity index is 2500. The minimum absolute atomic E-state index is 0.0320. The Morgan fingerprint density at radius 2 is 1.45 bits per heavy atom. The first-order valence-electron chi connectivity index (χ1n) is 26.7. The number of benzene rings is 3. The lowest BCUT2D eigenvalue weighted by Gasteiger charge is -2.56. The van der Waals surface area contributed by atoms with Gasteiger partial charge in [-0.2, -0.15) is 5.26 Å². The van der Waals surface area contributed by atoms with Crippen LogP contribution in [-0.2, 0) is 33.8 Å². The molecular weight excluding hydrogens is 960 g/mol. The number of nitrogens with one attached hydrogen (secondary N) is 2. The average Bonchev–Trinajstić information content (AvgIpc) is 3.70. The van der Waals surface area contributed by atoms with Crippen molar-refractivity contribution in [1.82, 2.24) is 24.8 Å². The van der Waals surface area contributed by atoms with Gasteiger partial charge in [-0.25, -0.2) is 9.46 Å². The molecule has 4 aliphatic carbocycles. The van der Waals surface area contributed by atoms with Crippen LogP contribution in [0.2, 0.25) is 0 Å².